The first-order valence-corrected chi connectivity index (χ1v) is 8.69. The van der Waals surface area contributed by atoms with Crippen molar-refractivity contribution in [3.8, 4) is 5.75 Å². The lowest BCUT2D eigenvalue weighted by molar-refractivity contribution is -0.116. The molecule has 4 nitrogen and oxygen atoms in total. The van der Waals surface area contributed by atoms with Crippen LogP contribution in [0, 0.1) is 13.8 Å². The summed E-state index contributed by atoms with van der Waals surface area (Å²) in [5, 5.41) is 2.91. The summed E-state index contributed by atoms with van der Waals surface area (Å²) in [5.74, 6) is 0.807. The van der Waals surface area contributed by atoms with Gasteiger partial charge in [0.1, 0.15) is 12.4 Å². The molecule has 0 unspecified atom stereocenters. The first-order chi connectivity index (χ1) is 11.1. The van der Waals surface area contributed by atoms with Gasteiger partial charge in [-0.15, -0.1) is 11.3 Å². The zero-order chi connectivity index (χ0) is 16.7. The number of benzene rings is 1. The molecule has 0 spiro atoms. The number of hydrogen-bond donors (Lipinski definition) is 2. The van der Waals surface area contributed by atoms with Crippen molar-refractivity contribution in [3.63, 3.8) is 0 Å². The molecule has 23 heavy (non-hydrogen) atoms. The Bertz CT molecular complexity index is 635. The van der Waals surface area contributed by atoms with E-state index < -0.39 is 0 Å². The number of thiophene rings is 1. The average molecular weight is 332 g/mol. The van der Waals surface area contributed by atoms with E-state index >= 15 is 0 Å². The highest BCUT2D eigenvalue weighted by Crippen LogP contribution is 2.22. The minimum atomic E-state index is 0.0465. The lowest BCUT2D eigenvalue weighted by atomic mass is 10.1. The fraction of sp³-hybridized carbons (Fsp3) is 0.389. The van der Waals surface area contributed by atoms with Gasteiger partial charge in [-0.3, -0.25) is 4.79 Å². The summed E-state index contributed by atoms with van der Waals surface area (Å²) in [4.78, 5) is 14.7. The van der Waals surface area contributed by atoms with E-state index in [4.69, 9.17) is 10.5 Å². The van der Waals surface area contributed by atoms with E-state index in [2.05, 4.69) is 25.2 Å². The van der Waals surface area contributed by atoms with Gasteiger partial charge in [0.2, 0.25) is 5.91 Å². The number of nitrogens with two attached hydrogens (primary N) is 1. The number of carbonyl (C=O) groups is 1. The zero-order valence-corrected chi connectivity index (χ0v) is 14.5. The van der Waals surface area contributed by atoms with E-state index in [9.17, 15) is 4.79 Å². The molecule has 1 amide bonds. The molecule has 1 aromatic carbocycles. The molecule has 0 atom stereocenters. The summed E-state index contributed by atoms with van der Waals surface area (Å²) in [5.41, 5.74) is 7.54. The third-order valence-corrected chi connectivity index (χ3v) is 4.53. The molecule has 0 bridgehead atoms. The number of aryl methyl sites for hydroxylation is 3. The van der Waals surface area contributed by atoms with Crippen LogP contribution in [0.1, 0.15) is 28.2 Å². The number of anilines is 1. The predicted octanol–water partition coefficient (Wildman–Crippen LogP) is 3.66. The Morgan fingerprint density at radius 2 is 2.00 bits per heavy atom. The molecule has 0 saturated carbocycles. The van der Waals surface area contributed by atoms with Gasteiger partial charge in [-0.25, -0.2) is 0 Å². The molecule has 2 rings (SSSR count). The molecule has 0 aliphatic carbocycles. The van der Waals surface area contributed by atoms with E-state index in [1.54, 1.807) is 0 Å². The number of rotatable bonds is 8. The van der Waals surface area contributed by atoms with E-state index in [1.807, 2.05) is 35.6 Å². The van der Waals surface area contributed by atoms with Crippen molar-refractivity contribution < 1.29 is 9.53 Å². The van der Waals surface area contributed by atoms with Gasteiger partial charge in [-0.2, -0.15) is 0 Å². The van der Waals surface area contributed by atoms with Crippen molar-refractivity contribution in [1.82, 2.24) is 0 Å². The molecule has 2 aromatic rings. The van der Waals surface area contributed by atoms with Gasteiger partial charge >= 0.3 is 0 Å². The minimum absolute atomic E-state index is 0.0465. The van der Waals surface area contributed by atoms with Crippen LogP contribution in [0.25, 0.3) is 0 Å². The molecule has 0 aliphatic rings. The van der Waals surface area contributed by atoms with Crippen molar-refractivity contribution >= 4 is 22.9 Å². The van der Waals surface area contributed by atoms with Gasteiger partial charge in [0.05, 0.1) is 0 Å². The Morgan fingerprint density at radius 3 is 2.61 bits per heavy atom. The van der Waals surface area contributed by atoms with Crippen LogP contribution in [0.4, 0.5) is 5.69 Å². The van der Waals surface area contributed by atoms with E-state index in [-0.39, 0.29) is 5.91 Å². The summed E-state index contributed by atoms with van der Waals surface area (Å²) >= 11 is 1.82. The third kappa shape index (κ3) is 5.69. The van der Waals surface area contributed by atoms with Gasteiger partial charge in [0, 0.05) is 28.4 Å². The average Bonchev–Trinajstić information content (AvgIpc) is 2.84. The normalized spacial score (nSPS) is 10.6. The van der Waals surface area contributed by atoms with Crippen molar-refractivity contribution in [2.45, 2.75) is 33.1 Å². The number of ether oxygens (including phenoxy) is 1. The molecule has 3 N–H and O–H groups in total. The maximum atomic E-state index is 12.0. The third-order valence-electron chi connectivity index (χ3n) is 3.52. The van der Waals surface area contributed by atoms with Gasteiger partial charge in [0.15, 0.2) is 0 Å². The second-order valence-corrected chi connectivity index (χ2v) is 6.96. The standard InChI is InChI=1S/C18H24N2O2S/c1-13-12-15(14(2)23-13)4-3-5-18(21)20-16-6-8-17(9-7-16)22-11-10-19/h6-9,12H,3-5,10-11,19H2,1-2H3,(H,20,21). The summed E-state index contributed by atoms with van der Waals surface area (Å²) < 4.78 is 5.41. The van der Waals surface area contributed by atoms with Crippen LogP contribution in [0.3, 0.4) is 0 Å². The second-order valence-electron chi connectivity index (χ2n) is 5.50. The van der Waals surface area contributed by atoms with Crippen LogP contribution in [0.2, 0.25) is 0 Å². The Kier molecular flexibility index (Phi) is 6.62. The van der Waals surface area contributed by atoms with E-state index in [0.717, 1.165) is 24.3 Å². The van der Waals surface area contributed by atoms with Crippen LogP contribution in [-0.2, 0) is 11.2 Å². The molecule has 0 saturated heterocycles. The smallest absolute Gasteiger partial charge is 0.224 e. The van der Waals surface area contributed by atoms with Crippen molar-refractivity contribution in [2.24, 2.45) is 5.73 Å². The topological polar surface area (TPSA) is 64.3 Å². The molecule has 0 radical (unpaired) electrons. The summed E-state index contributed by atoms with van der Waals surface area (Å²) in [6, 6.07) is 9.58. The van der Waals surface area contributed by atoms with Crippen LogP contribution in [-0.4, -0.2) is 19.1 Å². The van der Waals surface area contributed by atoms with Crippen molar-refractivity contribution in [3.05, 3.63) is 45.6 Å². The Labute approximate surface area is 141 Å². The molecule has 1 heterocycles. The molecule has 0 aliphatic heterocycles. The highest BCUT2D eigenvalue weighted by molar-refractivity contribution is 7.12. The van der Waals surface area contributed by atoms with Gasteiger partial charge in [-0.1, -0.05) is 0 Å². The van der Waals surface area contributed by atoms with Crippen LogP contribution in [0.5, 0.6) is 5.75 Å². The van der Waals surface area contributed by atoms with Crippen LogP contribution < -0.4 is 15.8 Å². The number of amides is 1. The minimum Gasteiger partial charge on any atom is -0.492 e. The molecule has 5 heteroatoms. The molecule has 124 valence electrons. The first-order valence-electron chi connectivity index (χ1n) is 7.87. The fourth-order valence-corrected chi connectivity index (χ4v) is 3.38. The maximum absolute atomic E-state index is 12.0. The molecule has 0 fully saturated rings. The summed E-state index contributed by atoms with van der Waals surface area (Å²) in [7, 11) is 0. The lowest BCUT2D eigenvalue weighted by Gasteiger charge is -2.07. The van der Waals surface area contributed by atoms with Crippen LogP contribution >= 0.6 is 11.3 Å². The molecular formula is C18H24N2O2S. The summed E-state index contributed by atoms with van der Waals surface area (Å²) in [6.45, 7) is 5.24. The second kappa shape index (κ2) is 8.70. The quantitative estimate of drug-likeness (QED) is 0.775. The van der Waals surface area contributed by atoms with E-state index in [0.29, 0.717) is 19.6 Å². The number of hydrogen-bond acceptors (Lipinski definition) is 4. The monoisotopic (exact) mass is 332 g/mol. The van der Waals surface area contributed by atoms with Gasteiger partial charge in [0.25, 0.3) is 0 Å². The predicted molar refractivity (Wildman–Crippen MR) is 96.4 cm³/mol. The highest BCUT2D eigenvalue weighted by Gasteiger charge is 2.06. The summed E-state index contributed by atoms with van der Waals surface area (Å²) in [6.07, 6.45) is 2.34. The highest BCUT2D eigenvalue weighted by atomic mass is 32.1. The number of nitrogens with one attached hydrogen (secondary N) is 1. The first kappa shape index (κ1) is 17.5. The van der Waals surface area contributed by atoms with E-state index in [1.165, 1.54) is 15.3 Å². The molecular weight excluding hydrogens is 308 g/mol. The largest absolute Gasteiger partial charge is 0.492 e. The van der Waals surface area contributed by atoms with Gasteiger partial charge < -0.3 is 15.8 Å². The fourth-order valence-electron chi connectivity index (χ4n) is 2.41. The Hall–Kier alpha value is -1.85. The number of carbonyl (C=O) groups excluding carboxylic acids is 1. The maximum Gasteiger partial charge on any atom is 0.224 e. The van der Waals surface area contributed by atoms with Gasteiger partial charge in [-0.05, 0) is 62.6 Å². The Balaban J connectivity index is 1.75. The Morgan fingerprint density at radius 1 is 1.26 bits per heavy atom. The lowest BCUT2D eigenvalue weighted by Crippen LogP contribution is -2.12. The van der Waals surface area contributed by atoms with Crippen molar-refractivity contribution in [2.75, 3.05) is 18.5 Å². The van der Waals surface area contributed by atoms with Crippen LogP contribution in [0.15, 0.2) is 30.3 Å². The van der Waals surface area contributed by atoms with Crippen molar-refractivity contribution in [1.29, 1.82) is 0 Å². The zero-order valence-electron chi connectivity index (χ0n) is 13.7. The molecule has 1 aromatic heterocycles. The SMILES string of the molecule is Cc1cc(CCCC(=O)Nc2ccc(OCCN)cc2)c(C)s1.